The third-order valence-electron chi connectivity index (χ3n) is 4.54. The second-order valence-electron chi connectivity index (χ2n) is 6.22. The number of benzene rings is 1. The zero-order valence-electron chi connectivity index (χ0n) is 13.7. The fourth-order valence-corrected chi connectivity index (χ4v) is 3.44. The fraction of sp³-hybridized carbons (Fsp3) is 0.368. The number of hydrogen-bond donors (Lipinski definition) is 2. The van der Waals surface area contributed by atoms with E-state index in [1.54, 1.807) is 18.0 Å². The van der Waals surface area contributed by atoms with Crippen LogP contribution in [0.4, 0.5) is 0 Å². The highest BCUT2D eigenvalue weighted by atomic mass is 32.2. The van der Waals surface area contributed by atoms with Crippen LogP contribution in [-0.4, -0.2) is 34.4 Å². The molecule has 24 heavy (non-hydrogen) atoms. The molecule has 1 fully saturated rings. The van der Waals surface area contributed by atoms with Gasteiger partial charge in [-0.05, 0) is 61.4 Å². The van der Waals surface area contributed by atoms with Crippen LogP contribution in [0.5, 0.6) is 0 Å². The zero-order valence-corrected chi connectivity index (χ0v) is 14.5. The average molecular weight is 342 g/mol. The van der Waals surface area contributed by atoms with E-state index in [2.05, 4.69) is 10.3 Å². The second kappa shape index (κ2) is 7.81. The summed E-state index contributed by atoms with van der Waals surface area (Å²) in [6.07, 6.45) is 5.71. The van der Waals surface area contributed by atoms with Crippen LogP contribution in [0, 0.1) is 5.92 Å². The van der Waals surface area contributed by atoms with Gasteiger partial charge in [0.15, 0.2) is 0 Å². The van der Waals surface area contributed by atoms with E-state index in [4.69, 9.17) is 0 Å². The molecule has 126 valence electrons. The molecule has 1 atom stereocenters. The van der Waals surface area contributed by atoms with Gasteiger partial charge in [0.2, 0.25) is 0 Å². The first-order chi connectivity index (χ1) is 11.7. The van der Waals surface area contributed by atoms with Gasteiger partial charge in [-0.3, -0.25) is 9.78 Å². The minimum atomic E-state index is -0.237. The maximum absolute atomic E-state index is 12.6. The highest BCUT2D eigenvalue weighted by molar-refractivity contribution is 7.98. The fourth-order valence-electron chi connectivity index (χ4n) is 3.03. The van der Waals surface area contributed by atoms with Gasteiger partial charge in [-0.25, -0.2) is 0 Å². The highest BCUT2D eigenvalue weighted by Crippen LogP contribution is 2.31. The normalized spacial score (nSPS) is 20.9. The standard InChI is InChI=1S/C19H22N2O2S/c1-24-17-7-5-13(6-8-17)19(23)21-18(14-10-16(22)11-14)12-15-4-2-3-9-20-15/h2-9,14,16,18,22H,10-12H2,1H3,(H,21,23). The van der Waals surface area contributed by atoms with Gasteiger partial charge in [0.05, 0.1) is 6.10 Å². The lowest BCUT2D eigenvalue weighted by Gasteiger charge is -2.38. The number of nitrogens with one attached hydrogen (secondary N) is 1. The molecule has 1 unspecified atom stereocenters. The van der Waals surface area contributed by atoms with Gasteiger partial charge < -0.3 is 10.4 Å². The Morgan fingerprint density at radius 1 is 1.29 bits per heavy atom. The lowest BCUT2D eigenvalue weighted by atomic mass is 9.76. The number of aliphatic hydroxyl groups is 1. The molecule has 5 heteroatoms. The quantitative estimate of drug-likeness (QED) is 0.793. The maximum atomic E-state index is 12.6. The van der Waals surface area contributed by atoms with Crippen molar-refractivity contribution in [3.05, 3.63) is 59.9 Å². The molecule has 2 aromatic rings. The molecule has 4 nitrogen and oxygen atoms in total. The number of amides is 1. The molecule has 1 aromatic carbocycles. The van der Waals surface area contributed by atoms with Crippen LogP contribution in [0.2, 0.25) is 0 Å². The summed E-state index contributed by atoms with van der Waals surface area (Å²) in [5.41, 5.74) is 1.63. The zero-order chi connectivity index (χ0) is 16.9. The second-order valence-corrected chi connectivity index (χ2v) is 7.10. The molecule has 0 saturated heterocycles. The Morgan fingerprint density at radius 2 is 2.04 bits per heavy atom. The first-order valence-electron chi connectivity index (χ1n) is 8.18. The molecule has 1 saturated carbocycles. The first kappa shape index (κ1) is 17.0. The van der Waals surface area contributed by atoms with Crippen LogP contribution >= 0.6 is 11.8 Å². The van der Waals surface area contributed by atoms with Gasteiger partial charge >= 0.3 is 0 Å². The largest absolute Gasteiger partial charge is 0.393 e. The van der Waals surface area contributed by atoms with E-state index in [1.807, 2.05) is 48.7 Å². The Labute approximate surface area is 146 Å². The maximum Gasteiger partial charge on any atom is 0.251 e. The monoisotopic (exact) mass is 342 g/mol. The third kappa shape index (κ3) is 4.16. The Morgan fingerprint density at radius 3 is 2.62 bits per heavy atom. The van der Waals surface area contributed by atoms with Crippen LogP contribution in [0.25, 0.3) is 0 Å². The van der Waals surface area contributed by atoms with E-state index in [0.717, 1.165) is 23.4 Å². The molecule has 2 N–H and O–H groups in total. The average Bonchev–Trinajstić information content (AvgIpc) is 2.59. The van der Waals surface area contributed by atoms with Crippen LogP contribution in [0.3, 0.4) is 0 Å². The van der Waals surface area contributed by atoms with Gasteiger partial charge in [-0.2, -0.15) is 0 Å². The van der Waals surface area contributed by atoms with Crippen molar-refractivity contribution in [2.24, 2.45) is 5.92 Å². The van der Waals surface area contributed by atoms with E-state index < -0.39 is 0 Å². The number of thioether (sulfide) groups is 1. The van der Waals surface area contributed by atoms with E-state index in [-0.39, 0.29) is 18.1 Å². The molecule has 1 aromatic heterocycles. The van der Waals surface area contributed by atoms with E-state index in [9.17, 15) is 9.90 Å². The Bertz CT molecular complexity index is 670. The predicted octanol–water partition coefficient (Wildman–Crippen LogP) is 2.92. The van der Waals surface area contributed by atoms with Crippen molar-refractivity contribution in [1.82, 2.24) is 10.3 Å². The lowest BCUT2D eigenvalue weighted by molar-refractivity contribution is 0.0238. The summed E-state index contributed by atoms with van der Waals surface area (Å²) >= 11 is 1.66. The minimum absolute atomic E-state index is 0.00368. The third-order valence-corrected chi connectivity index (χ3v) is 5.29. The molecule has 0 radical (unpaired) electrons. The summed E-state index contributed by atoms with van der Waals surface area (Å²) in [7, 11) is 0. The van der Waals surface area contributed by atoms with E-state index in [1.165, 1.54) is 0 Å². The molecule has 0 aliphatic heterocycles. The molecule has 1 aliphatic rings. The summed E-state index contributed by atoms with van der Waals surface area (Å²) in [6.45, 7) is 0. The minimum Gasteiger partial charge on any atom is -0.393 e. The van der Waals surface area contributed by atoms with Crippen LogP contribution in [0.15, 0.2) is 53.6 Å². The predicted molar refractivity (Wildman–Crippen MR) is 96.1 cm³/mol. The van der Waals surface area contributed by atoms with Crippen LogP contribution in [0.1, 0.15) is 28.9 Å². The van der Waals surface area contributed by atoms with Crippen molar-refractivity contribution in [3.63, 3.8) is 0 Å². The summed E-state index contributed by atoms with van der Waals surface area (Å²) in [5.74, 6) is 0.237. The molecule has 0 spiro atoms. The Hall–Kier alpha value is -1.85. The van der Waals surface area contributed by atoms with Gasteiger partial charge in [0.25, 0.3) is 5.91 Å². The molecule has 1 aliphatic carbocycles. The molecule has 1 amide bonds. The number of rotatable bonds is 6. The SMILES string of the molecule is CSc1ccc(C(=O)NC(Cc2ccccn2)C2CC(O)C2)cc1. The Kier molecular flexibility index (Phi) is 5.53. The van der Waals surface area contributed by atoms with Crippen molar-refractivity contribution >= 4 is 17.7 Å². The van der Waals surface area contributed by atoms with Crippen LogP contribution in [-0.2, 0) is 6.42 Å². The molecule has 1 heterocycles. The topological polar surface area (TPSA) is 62.2 Å². The van der Waals surface area contributed by atoms with Crippen molar-refractivity contribution in [1.29, 1.82) is 0 Å². The Balaban J connectivity index is 1.69. The molecule has 3 rings (SSSR count). The van der Waals surface area contributed by atoms with Gasteiger partial charge in [0.1, 0.15) is 0 Å². The van der Waals surface area contributed by atoms with Crippen LogP contribution < -0.4 is 5.32 Å². The number of pyridine rings is 1. The van der Waals surface area contributed by atoms with E-state index in [0.29, 0.717) is 17.9 Å². The van der Waals surface area contributed by atoms with E-state index >= 15 is 0 Å². The lowest BCUT2D eigenvalue weighted by Crippen LogP contribution is -2.48. The summed E-state index contributed by atoms with van der Waals surface area (Å²) < 4.78 is 0. The smallest absolute Gasteiger partial charge is 0.251 e. The highest BCUT2D eigenvalue weighted by Gasteiger charge is 2.35. The van der Waals surface area contributed by atoms with Gasteiger partial charge in [-0.15, -0.1) is 11.8 Å². The summed E-state index contributed by atoms with van der Waals surface area (Å²) in [6, 6.07) is 13.4. The number of aliphatic hydroxyl groups excluding tert-OH is 1. The summed E-state index contributed by atoms with van der Waals surface area (Å²) in [5, 5.41) is 12.8. The van der Waals surface area contributed by atoms with Crippen molar-refractivity contribution in [3.8, 4) is 0 Å². The number of carbonyl (C=O) groups excluding carboxylic acids is 1. The van der Waals surface area contributed by atoms with Gasteiger partial charge in [0, 0.05) is 34.8 Å². The number of hydrogen-bond acceptors (Lipinski definition) is 4. The van der Waals surface area contributed by atoms with Crippen molar-refractivity contribution in [2.75, 3.05) is 6.26 Å². The molecular formula is C19H22N2O2S. The number of carbonyl (C=O) groups is 1. The molecule has 0 bridgehead atoms. The summed E-state index contributed by atoms with van der Waals surface area (Å²) in [4.78, 5) is 18.1. The van der Waals surface area contributed by atoms with Crippen molar-refractivity contribution in [2.45, 2.75) is 36.3 Å². The van der Waals surface area contributed by atoms with Gasteiger partial charge in [-0.1, -0.05) is 6.07 Å². The molecular weight excluding hydrogens is 320 g/mol. The number of aromatic nitrogens is 1. The first-order valence-corrected chi connectivity index (χ1v) is 9.41. The van der Waals surface area contributed by atoms with Crippen molar-refractivity contribution < 1.29 is 9.90 Å². The number of nitrogens with zero attached hydrogens (tertiary/aromatic N) is 1.